The Kier molecular flexibility index (Phi) is 4.61. The zero-order valence-electron chi connectivity index (χ0n) is 12.4. The SMILES string of the molecule is CCOC1CCN(c2ncc(CCl)c3ccccc23)CC1. The number of aromatic nitrogens is 1. The summed E-state index contributed by atoms with van der Waals surface area (Å²) in [5, 5.41) is 2.41. The Morgan fingerprint density at radius 3 is 2.62 bits per heavy atom. The van der Waals surface area contributed by atoms with Crippen LogP contribution in [0.5, 0.6) is 0 Å². The van der Waals surface area contributed by atoms with Gasteiger partial charge in [-0.05, 0) is 30.7 Å². The third-order valence-corrected chi connectivity index (χ3v) is 4.43. The molecule has 3 nitrogen and oxygen atoms in total. The summed E-state index contributed by atoms with van der Waals surface area (Å²) in [5.74, 6) is 1.58. The number of alkyl halides is 1. The summed E-state index contributed by atoms with van der Waals surface area (Å²) < 4.78 is 5.73. The topological polar surface area (TPSA) is 25.4 Å². The second-order valence-corrected chi connectivity index (χ2v) is 5.70. The van der Waals surface area contributed by atoms with Crippen LogP contribution in [0, 0.1) is 0 Å². The normalized spacial score (nSPS) is 16.6. The van der Waals surface area contributed by atoms with Crippen LogP contribution in [0.3, 0.4) is 0 Å². The van der Waals surface area contributed by atoms with Crippen LogP contribution in [-0.2, 0) is 10.6 Å². The molecule has 0 unspecified atom stereocenters. The van der Waals surface area contributed by atoms with Crippen molar-refractivity contribution in [1.29, 1.82) is 0 Å². The summed E-state index contributed by atoms with van der Waals surface area (Å²) in [7, 11) is 0. The summed E-state index contributed by atoms with van der Waals surface area (Å²) >= 11 is 6.03. The number of halogens is 1. The molecule has 21 heavy (non-hydrogen) atoms. The van der Waals surface area contributed by atoms with Crippen molar-refractivity contribution in [3.05, 3.63) is 36.0 Å². The van der Waals surface area contributed by atoms with E-state index in [1.54, 1.807) is 0 Å². The van der Waals surface area contributed by atoms with Crippen molar-refractivity contribution in [3.63, 3.8) is 0 Å². The number of benzene rings is 1. The van der Waals surface area contributed by atoms with Gasteiger partial charge in [-0.3, -0.25) is 0 Å². The standard InChI is InChI=1S/C17H21ClN2O/c1-2-21-14-7-9-20(10-8-14)17-16-6-4-3-5-15(16)13(11-18)12-19-17/h3-6,12,14H,2,7-11H2,1H3. The van der Waals surface area contributed by atoms with Gasteiger partial charge in [0.25, 0.3) is 0 Å². The van der Waals surface area contributed by atoms with Crippen LogP contribution in [0.2, 0.25) is 0 Å². The van der Waals surface area contributed by atoms with E-state index in [9.17, 15) is 0 Å². The third kappa shape index (κ3) is 2.99. The summed E-state index contributed by atoms with van der Waals surface area (Å²) in [6, 6.07) is 8.40. The fraction of sp³-hybridized carbons (Fsp3) is 0.471. The van der Waals surface area contributed by atoms with Crippen molar-refractivity contribution < 1.29 is 4.74 Å². The van der Waals surface area contributed by atoms with Gasteiger partial charge in [-0.15, -0.1) is 11.6 Å². The molecule has 1 aliphatic rings. The third-order valence-electron chi connectivity index (χ3n) is 4.14. The number of piperidine rings is 1. The monoisotopic (exact) mass is 304 g/mol. The maximum absolute atomic E-state index is 6.03. The Balaban J connectivity index is 1.88. The number of hydrogen-bond acceptors (Lipinski definition) is 3. The number of anilines is 1. The zero-order chi connectivity index (χ0) is 14.7. The first-order valence-corrected chi connectivity index (χ1v) is 8.16. The Bertz CT molecular complexity index is 609. The van der Waals surface area contributed by atoms with E-state index in [1.165, 1.54) is 10.8 Å². The van der Waals surface area contributed by atoms with Crippen LogP contribution >= 0.6 is 11.6 Å². The minimum atomic E-state index is 0.402. The summed E-state index contributed by atoms with van der Waals surface area (Å²) in [6.45, 7) is 4.87. The Labute approximate surface area is 130 Å². The predicted octanol–water partition coefficient (Wildman–Crippen LogP) is 3.98. The number of rotatable bonds is 4. The maximum atomic E-state index is 6.03. The lowest BCUT2D eigenvalue weighted by molar-refractivity contribution is 0.0459. The molecular weight excluding hydrogens is 284 g/mol. The molecule has 1 aromatic heterocycles. The van der Waals surface area contributed by atoms with Crippen LogP contribution < -0.4 is 4.90 Å². The van der Waals surface area contributed by atoms with Gasteiger partial charge in [-0.2, -0.15) is 0 Å². The van der Waals surface area contributed by atoms with Crippen molar-refractivity contribution in [1.82, 2.24) is 4.98 Å². The highest BCUT2D eigenvalue weighted by Gasteiger charge is 2.21. The van der Waals surface area contributed by atoms with Gasteiger partial charge in [0.1, 0.15) is 5.82 Å². The number of hydrogen-bond donors (Lipinski definition) is 0. The molecule has 1 aliphatic heterocycles. The second-order valence-electron chi connectivity index (χ2n) is 5.43. The summed E-state index contributed by atoms with van der Waals surface area (Å²) in [5.41, 5.74) is 1.10. The second kappa shape index (κ2) is 6.63. The van der Waals surface area contributed by atoms with E-state index in [4.69, 9.17) is 16.3 Å². The molecule has 112 valence electrons. The molecule has 0 atom stereocenters. The molecule has 1 fully saturated rings. The van der Waals surface area contributed by atoms with E-state index in [1.807, 2.05) is 6.20 Å². The average molecular weight is 305 g/mol. The van der Waals surface area contributed by atoms with Crippen molar-refractivity contribution >= 4 is 28.2 Å². The lowest BCUT2D eigenvalue weighted by Gasteiger charge is -2.33. The number of ether oxygens (including phenoxy) is 1. The molecule has 4 heteroatoms. The molecule has 0 aliphatic carbocycles. The van der Waals surface area contributed by atoms with E-state index in [2.05, 4.69) is 41.1 Å². The van der Waals surface area contributed by atoms with E-state index in [0.717, 1.165) is 43.9 Å². The van der Waals surface area contributed by atoms with Gasteiger partial charge in [-0.1, -0.05) is 24.3 Å². The van der Waals surface area contributed by atoms with Gasteiger partial charge in [0.15, 0.2) is 0 Å². The van der Waals surface area contributed by atoms with Crippen molar-refractivity contribution in [2.75, 3.05) is 24.6 Å². The molecule has 0 saturated carbocycles. The predicted molar refractivity (Wildman–Crippen MR) is 88.2 cm³/mol. The zero-order valence-corrected chi connectivity index (χ0v) is 13.1. The number of fused-ring (bicyclic) bond motifs is 1. The molecule has 0 radical (unpaired) electrons. The molecule has 0 bridgehead atoms. The lowest BCUT2D eigenvalue weighted by atomic mass is 10.0. The van der Waals surface area contributed by atoms with Gasteiger partial charge in [-0.25, -0.2) is 4.98 Å². The minimum absolute atomic E-state index is 0.402. The first-order valence-electron chi connectivity index (χ1n) is 7.62. The molecule has 2 aromatic rings. The van der Waals surface area contributed by atoms with Crippen molar-refractivity contribution in [3.8, 4) is 0 Å². The molecule has 3 rings (SSSR count). The Morgan fingerprint density at radius 2 is 1.95 bits per heavy atom. The molecule has 1 aromatic carbocycles. The smallest absolute Gasteiger partial charge is 0.136 e. The Hall–Kier alpha value is -1.32. The highest BCUT2D eigenvalue weighted by molar-refractivity contribution is 6.18. The van der Waals surface area contributed by atoms with Gasteiger partial charge < -0.3 is 9.64 Å². The van der Waals surface area contributed by atoms with E-state index < -0.39 is 0 Å². The highest BCUT2D eigenvalue weighted by atomic mass is 35.5. The number of nitrogens with zero attached hydrogens (tertiary/aromatic N) is 2. The minimum Gasteiger partial charge on any atom is -0.378 e. The molecule has 0 spiro atoms. The van der Waals surface area contributed by atoms with Crippen LogP contribution in [0.15, 0.2) is 30.5 Å². The molecule has 0 N–H and O–H groups in total. The van der Waals surface area contributed by atoms with E-state index in [0.29, 0.717) is 12.0 Å². The van der Waals surface area contributed by atoms with Crippen LogP contribution in [0.25, 0.3) is 10.8 Å². The highest BCUT2D eigenvalue weighted by Crippen LogP contribution is 2.30. The van der Waals surface area contributed by atoms with Gasteiger partial charge in [0.05, 0.1) is 6.10 Å². The summed E-state index contributed by atoms with van der Waals surface area (Å²) in [6.07, 6.45) is 4.46. The van der Waals surface area contributed by atoms with Crippen LogP contribution in [0.1, 0.15) is 25.3 Å². The number of pyridine rings is 1. The van der Waals surface area contributed by atoms with E-state index in [-0.39, 0.29) is 0 Å². The first kappa shape index (κ1) is 14.6. The van der Waals surface area contributed by atoms with E-state index >= 15 is 0 Å². The lowest BCUT2D eigenvalue weighted by Crippen LogP contribution is -2.37. The quantitative estimate of drug-likeness (QED) is 0.799. The average Bonchev–Trinajstić information content (AvgIpc) is 2.55. The fourth-order valence-corrected chi connectivity index (χ4v) is 3.28. The van der Waals surface area contributed by atoms with Gasteiger partial charge in [0.2, 0.25) is 0 Å². The van der Waals surface area contributed by atoms with Crippen molar-refractivity contribution in [2.24, 2.45) is 0 Å². The first-order chi connectivity index (χ1) is 10.3. The molecule has 2 heterocycles. The molecule has 0 amide bonds. The largest absolute Gasteiger partial charge is 0.378 e. The Morgan fingerprint density at radius 1 is 1.24 bits per heavy atom. The van der Waals surface area contributed by atoms with Crippen molar-refractivity contribution in [2.45, 2.75) is 31.7 Å². The van der Waals surface area contributed by atoms with Gasteiger partial charge >= 0.3 is 0 Å². The fourth-order valence-electron chi connectivity index (χ4n) is 3.06. The summed E-state index contributed by atoms with van der Waals surface area (Å²) in [4.78, 5) is 7.04. The maximum Gasteiger partial charge on any atom is 0.136 e. The van der Waals surface area contributed by atoms with Crippen LogP contribution in [-0.4, -0.2) is 30.8 Å². The van der Waals surface area contributed by atoms with Crippen LogP contribution in [0.4, 0.5) is 5.82 Å². The molecule has 1 saturated heterocycles. The van der Waals surface area contributed by atoms with Gasteiger partial charge in [0, 0.05) is 37.2 Å². The molecular formula is C17H21ClN2O.